The summed E-state index contributed by atoms with van der Waals surface area (Å²) in [4.78, 5) is 3.87. The lowest BCUT2D eigenvalue weighted by atomic mass is 9.59. The number of hydrogen-bond acceptors (Lipinski definition) is 3. The predicted octanol–water partition coefficient (Wildman–Crippen LogP) is 2.12. The molecule has 4 heteroatoms. The number of rotatable bonds is 2. The standard InChI is InChI=1S/C12H13FN2O/c1-11(16,12(8-14)5-2-6-12)10-4-3-9(13)7-15-10/h3-4,7,16H,2,5-6H2,1H3. The summed E-state index contributed by atoms with van der Waals surface area (Å²) >= 11 is 0. The maximum atomic E-state index is 12.7. The van der Waals surface area contributed by atoms with Crippen LogP contribution in [-0.2, 0) is 5.60 Å². The summed E-state index contributed by atoms with van der Waals surface area (Å²) in [6.07, 6.45) is 3.32. The molecule has 1 aliphatic carbocycles. The van der Waals surface area contributed by atoms with E-state index in [-0.39, 0.29) is 0 Å². The molecule has 0 saturated heterocycles. The first-order chi connectivity index (χ1) is 7.52. The van der Waals surface area contributed by atoms with Crippen molar-refractivity contribution in [2.75, 3.05) is 0 Å². The van der Waals surface area contributed by atoms with Crippen molar-refractivity contribution in [3.63, 3.8) is 0 Å². The molecular weight excluding hydrogens is 207 g/mol. The van der Waals surface area contributed by atoms with Crippen LogP contribution in [0.2, 0.25) is 0 Å². The molecule has 2 rings (SSSR count). The number of pyridine rings is 1. The Kier molecular flexibility index (Phi) is 2.43. The van der Waals surface area contributed by atoms with Gasteiger partial charge in [0.1, 0.15) is 11.4 Å². The van der Waals surface area contributed by atoms with Crippen molar-refractivity contribution >= 4 is 0 Å². The minimum Gasteiger partial charge on any atom is -0.382 e. The van der Waals surface area contributed by atoms with Gasteiger partial charge >= 0.3 is 0 Å². The van der Waals surface area contributed by atoms with Gasteiger partial charge in [-0.25, -0.2) is 4.39 Å². The van der Waals surface area contributed by atoms with Crippen LogP contribution in [0.25, 0.3) is 0 Å². The molecule has 1 N–H and O–H groups in total. The number of hydrogen-bond donors (Lipinski definition) is 1. The molecule has 1 unspecified atom stereocenters. The molecular formula is C12H13FN2O. The van der Waals surface area contributed by atoms with E-state index in [1.807, 2.05) is 0 Å². The first-order valence-corrected chi connectivity index (χ1v) is 5.27. The van der Waals surface area contributed by atoms with Gasteiger partial charge in [0.15, 0.2) is 0 Å². The van der Waals surface area contributed by atoms with Gasteiger partial charge in [0.2, 0.25) is 0 Å². The third-order valence-corrected chi connectivity index (χ3v) is 3.58. The summed E-state index contributed by atoms with van der Waals surface area (Å²) in [7, 11) is 0. The second-order valence-electron chi connectivity index (χ2n) is 4.48. The highest BCUT2D eigenvalue weighted by Crippen LogP contribution is 2.52. The van der Waals surface area contributed by atoms with Gasteiger partial charge in [-0.15, -0.1) is 0 Å². The summed E-state index contributed by atoms with van der Waals surface area (Å²) in [6.45, 7) is 1.58. The summed E-state index contributed by atoms with van der Waals surface area (Å²) in [6, 6.07) is 4.87. The summed E-state index contributed by atoms with van der Waals surface area (Å²) in [5, 5.41) is 19.6. The average Bonchev–Trinajstić information content (AvgIpc) is 2.17. The number of aromatic nitrogens is 1. The van der Waals surface area contributed by atoms with Crippen LogP contribution < -0.4 is 0 Å². The molecule has 1 aliphatic rings. The minimum atomic E-state index is -1.31. The van der Waals surface area contributed by atoms with Crippen molar-refractivity contribution in [1.29, 1.82) is 5.26 Å². The molecule has 0 aliphatic heterocycles. The Bertz CT molecular complexity index is 429. The Balaban J connectivity index is 2.38. The zero-order chi connectivity index (χ0) is 11.8. The molecule has 0 bridgehead atoms. The number of halogens is 1. The van der Waals surface area contributed by atoms with Crippen molar-refractivity contribution in [3.8, 4) is 6.07 Å². The SMILES string of the molecule is CC(O)(c1ccc(F)cn1)C1(C#N)CCC1. The monoisotopic (exact) mass is 220 g/mol. The maximum Gasteiger partial charge on any atom is 0.141 e. The van der Waals surface area contributed by atoms with Gasteiger partial charge in [0.05, 0.1) is 23.4 Å². The van der Waals surface area contributed by atoms with E-state index < -0.39 is 16.8 Å². The maximum absolute atomic E-state index is 12.7. The molecule has 1 aromatic heterocycles. The van der Waals surface area contributed by atoms with E-state index in [0.717, 1.165) is 12.6 Å². The molecule has 0 amide bonds. The summed E-state index contributed by atoms with van der Waals surface area (Å²) in [5.41, 5.74) is -1.72. The first-order valence-electron chi connectivity index (χ1n) is 5.27. The van der Waals surface area contributed by atoms with Gasteiger partial charge in [-0.05, 0) is 31.9 Å². The van der Waals surface area contributed by atoms with E-state index in [4.69, 9.17) is 0 Å². The van der Waals surface area contributed by atoms with E-state index >= 15 is 0 Å². The molecule has 1 saturated carbocycles. The van der Waals surface area contributed by atoms with E-state index in [1.54, 1.807) is 6.92 Å². The largest absolute Gasteiger partial charge is 0.382 e. The highest BCUT2D eigenvalue weighted by Gasteiger charge is 2.53. The van der Waals surface area contributed by atoms with Crippen LogP contribution in [0, 0.1) is 22.6 Å². The third kappa shape index (κ3) is 1.40. The minimum absolute atomic E-state index is 0.357. The molecule has 0 spiro atoms. The van der Waals surface area contributed by atoms with Crippen LogP contribution in [0.1, 0.15) is 31.9 Å². The molecule has 84 valence electrons. The second-order valence-corrected chi connectivity index (χ2v) is 4.48. The fourth-order valence-corrected chi connectivity index (χ4v) is 2.15. The van der Waals surface area contributed by atoms with E-state index in [1.165, 1.54) is 12.1 Å². The Morgan fingerprint density at radius 1 is 1.56 bits per heavy atom. The van der Waals surface area contributed by atoms with Gasteiger partial charge in [0.25, 0.3) is 0 Å². The van der Waals surface area contributed by atoms with E-state index in [9.17, 15) is 14.8 Å². The van der Waals surface area contributed by atoms with E-state index in [2.05, 4.69) is 11.1 Å². The zero-order valence-electron chi connectivity index (χ0n) is 9.07. The molecule has 0 radical (unpaired) electrons. The molecule has 1 heterocycles. The quantitative estimate of drug-likeness (QED) is 0.830. The topological polar surface area (TPSA) is 56.9 Å². The highest BCUT2D eigenvalue weighted by atomic mass is 19.1. The molecule has 0 aromatic carbocycles. The summed E-state index contributed by atoms with van der Waals surface area (Å²) < 4.78 is 12.7. The fourth-order valence-electron chi connectivity index (χ4n) is 2.15. The average molecular weight is 220 g/mol. The van der Waals surface area contributed by atoms with Gasteiger partial charge in [0, 0.05) is 0 Å². The van der Waals surface area contributed by atoms with Crippen LogP contribution in [-0.4, -0.2) is 10.1 Å². The number of nitriles is 1. The Morgan fingerprint density at radius 2 is 2.25 bits per heavy atom. The third-order valence-electron chi connectivity index (χ3n) is 3.58. The van der Waals surface area contributed by atoms with Gasteiger partial charge in [-0.3, -0.25) is 4.98 Å². The Hall–Kier alpha value is -1.47. The van der Waals surface area contributed by atoms with Crippen molar-refractivity contribution in [2.24, 2.45) is 5.41 Å². The van der Waals surface area contributed by atoms with Gasteiger partial charge in [-0.2, -0.15) is 5.26 Å². The molecule has 1 aromatic rings. The predicted molar refractivity (Wildman–Crippen MR) is 55.7 cm³/mol. The van der Waals surface area contributed by atoms with Crippen LogP contribution in [0.5, 0.6) is 0 Å². The van der Waals surface area contributed by atoms with E-state index in [0.29, 0.717) is 18.5 Å². The smallest absolute Gasteiger partial charge is 0.141 e. The van der Waals surface area contributed by atoms with Crippen LogP contribution in [0.4, 0.5) is 4.39 Å². The van der Waals surface area contributed by atoms with Crippen molar-refractivity contribution in [2.45, 2.75) is 31.8 Å². The Morgan fingerprint density at radius 3 is 2.62 bits per heavy atom. The molecule has 16 heavy (non-hydrogen) atoms. The Labute approximate surface area is 93.6 Å². The number of aliphatic hydroxyl groups is 1. The van der Waals surface area contributed by atoms with Crippen LogP contribution in [0.15, 0.2) is 18.3 Å². The van der Waals surface area contributed by atoms with Crippen molar-refractivity contribution < 1.29 is 9.50 Å². The molecule has 3 nitrogen and oxygen atoms in total. The van der Waals surface area contributed by atoms with Gasteiger partial charge < -0.3 is 5.11 Å². The van der Waals surface area contributed by atoms with Crippen LogP contribution >= 0.6 is 0 Å². The number of nitrogens with zero attached hydrogens (tertiary/aromatic N) is 2. The molecule has 1 fully saturated rings. The fraction of sp³-hybridized carbons (Fsp3) is 0.500. The normalized spacial score (nSPS) is 21.6. The molecule has 1 atom stereocenters. The van der Waals surface area contributed by atoms with Crippen LogP contribution in [0.3, 0.4) is 0 Å². The lowest BCUT2D eigenvalue weighted by molar-refractivity contribution is -0.0889. The highest BCUT2D eigenvalue weighted by molar-refractivity contribution is 5.24. The van der Waals surface area contributed by atoms with Crippen molar-refractivity contribution in [1.82, 2.24) is 4.98 Å². The van der Waals surface area contributed by atoms with Crippen molar-refractivity contribution in [3.05, 3.63) is 29.8 Å². The van der Waals surface area contributed by atoms with Gasteiger partial charge in [-0.1, -0.05) is 6.42 Å². The second kappa shape index (κ2) is 3.53. The summed E-state index contributed by atoms with van der Waals surface area (Å²) in [5.74, 6) is -0.445. The first kappa shape index (κ1) is 11.0. The zero-order valence-corrected chi connectivity index (χ0v) is 9.07. The lowest BCUT2D eigenvalue weighted by Gasteiger charge is -2.46. The lowest BCUT2D eigenvalue weighted by Crippen LogP contribution is -2.47.